The number of methoxy groups -OCH3 is 1. The number of rotatable bonds is 2. The van der Waals surface area contributed by atoms with Crippen molar-refractivity contribution < 1.29 is 9.53 Å². The second kappa shape index (κ2) is 4.83. The molecule has 0 aromatic carbocycles. The number of carbonyl (C=O) groups excluding carboxylic acids is 1. The van der Waals surface area contributed by atoms with Gasteiger partial charge in [0.2, 0.25) is 0 Å². The highest BCUT2D eigenvalue weighted by molar-refractivity contribution is 6.31. The van der Waals surface area contributed by atoms with E-state index in [1.165, 1.54) is 7.11 Å². The van der Waals surface area contributed by atoms with Crippen molar-refractivity contribution in [2.75, 3.05) is 20.2 Å². The molecule has 1 aliphatic heterocycles. The minimum absolute atomic E-state index is 0.312. The number of carbonyl (C=O) groups is 1. The van der Waals surface area contributed by atoms with Gasteiger partial charge in [-0.15, -0.1) is 0 Å². The summed E-state index contributed by atoms with van der Waals surface area (Å²) in [6, 6.07) is 3.54. The van der Waals surface area contributed by atoms with E-state index in [4.69, 9.17) is 16.3 Å². The van der Waals surface area contributed by atoms with Gasteiger partial charge in [0.1, 0.15) is 5.82 Å². The Morgan fingerprint density at radius 2 is 2.47 bits per heavy atom. The van der Waals surface area contributed by atoms with Crippen molar-refractivity contribution in [2.24, 2.45) is 0 Å². The van der Waals surface area contributed by atoms with Gasteiger partial charge in [-0.25, -0.2) is 9.78 Å². The van der Waals surface area contributed by atoms with E-state index in [1.807, 2.05) is 10.6 Å². The molecule has 1 N–H and O–H groups in total. The Balaban J connectivity index is 2.19. The molecule has 3 heterocycles. The molecule has 1 fully saturated rings. The highest BCUT2D eigenvalue weighted by Gasteiger charge is 2.25. The van der Waals surface area contributed by atoms with Gasteiger partial charge in [0, 0.05) is 23.7 Å². The fourth-order valence-electron chi connectivity index (χ4n) is 2.49. The summed E-state index contributed by atoms with van der Waals surface area (Å²) < 4.78 is 6.71. The summed E-state index contributed by atoms with van der Waals surface area (Å²) in [5.41, 5.74) is 1.02. The fourth-order valence-corrected chi connectivity index (χ4v) is 2.65. The zero-order valence-electron chi connectivity index (χ0n) is 10.5. The van der Waals surface area contributed by atoms with Crippen LogP contribution in [0.2, 0.25) is 5.02 Å². The van der Waals surface area contributed by atoms with E-state index in [1.54, 1.807) is 12.1 Å². The van der Waals surface area contributed by atoms with Crippen LogP contribution in [-0.2, 0) is 4.74 Å². The Hall–Kier alpha value is -1.59. The Labute approximate surface area is 115 Å². The van der Waals surface area contributed by atoms with Crippen molar-refractivity contribution in [3.63, 3.8) is 0 Å². The predicted molar refractivity (Wildman–Crippen MR) is 71.8 cm³/mol. The molecule has 3 rings (SSSR count). The highest BCUT2D eigenvalue weighted by atomic mass is 35.5. The van der Waals surface area contributed by atoms with Gasteiger partial charge in [0.25, 0.3) is 0 Å². The molecule has 2 aromatic rings. The van der Waals surface area contributed by atoms with Crippen LogP contribution in [0, 0.1) is 0 Å². The van der Waals surface area contributed by atoms with Crippen LogP contribution >= 0.6 is 11.6 Å². The number of pyridine rings is 1. The van der Waals surface area contributed by atoms with Crippen molar-refractivity contribution in [3.05, 3.63) is 34.9 Å². The number of nitrogens with one attached hydrogen (secondary N) is 1. The number of nitrogens with zero attached hydrogens (tertiary/aromatic N) is 2. The molecule has 0 spiro atoms. The lowest BCUT2D eigenvalue weighted by Gasteiger charge is -2.06. The number of fused-ring (bicyclic) bond motifs is 1. The van der Waals surface area contributed by atoms with Crippen molar-refractivity contribution in [1.29, 1.82) is 0 Å². The standard InChI is InChI=1S/C13H14ClN3O2/c1-19-13(18)11-10-6-9(14)3-5-17(10)12(16-11)8-2-4-15-7-8/h3,5-6,8,15H,2,4,7H2,1H3. The minimum Gasteiger partial charge on any atom is -0.464 e. The number of hydrogen-bond donors (Lipinski definition) is 1. The summed E-state index contributed by atoms with van der Waals surface area (Å²) in [7, 11) is 1.36. The maximum absolute atomic E-state index is 11.8. The van der Waals surface area contributed by atoms with E-state index in [0.717, 1.165) is 25.3 Å². The van der Waals surface area contributed by atoms with E-state index in [-0.39, 0.29) is 0 Å². The third kappa shape index (κ3) is 2.09. The molecule has 0 bridgehead atoms. The summed E-state index contributed by atoms with van der Waals surface area (Å²) in [6.45, 7) is 1.85. The molecular weight excluding hydrogens is 266 g/mol. The summed E-state index contributed by atoms with van der Waals surface area (Å²) in [4.78, 5) is 16.3. The predicted octanol–water partition coefficient (Wildman–Crippen LogP) is 1.85. The van der Waals surface area contributed by atoms with Crippen molar-refractivity contribution in [1.82, 2.24) is 14.7 Å². The second-order valence-corrected chi connectivity index (χ2v) is 5.04. The highest BCUT2D eigenvalue weighted by Crippen LogP contribution is 2.26. The van der Waals surface area contributed by atoms with Crippen LogP contribution in [0.15, 0.2) is 18.3 Å². The average molecular weight is 280 g/mol. The SMILES string of the molecule is COC(=O)c1nc(C2CCNC2)n2ccc(Cl)cc12. The zero-order valence-corrected chi connectivity index (χ0v) is 11.3. The first kappa shape index (κ1) is 12.4. The summed E-state index contributed by atoms with van der Waals surface area (Å²) in [5.74, 6) is 0.765. The monoisotopic (exact) mass is 279 g/mol. The van der Waals surface area contributed by atoms with E-state index in [2.05, 4.69) is 10.3 Å². The molecule has 1 aliphatic rings. The molecule has 0 radical (unpaired) electrons. The molecule has 6 heteroatoms. The largest absolute Gasteiger partial charge is 0.464 e. The van der Waals surface area contributed by atoms with Gasteiger partial charge in [-0.1, -0.05) is 11.6 Å². The smallest absolute Gasteiger partial charge is 0.358 e. The van der Waals surface area contributed by atoms with Crippen molar-refractivity contribution in [2.45, 2.75) is 12.3 Å². The normalized spacial score (nSPS) is 18.9. The molecule has 0 saturated carbocycles. The van der Waals surface area contributed by atoms with Gasteiger partial charge < -0.3 is 14.5 Å². The Kier molecular flexibility index (Phi) is 3.16. The molecule has 1 unspecified atom stereocenters. The van der Waals surface area contributed by atoms with Crippen LogP contribution in [0.1, 0.15) is 28.7 Å². The van der Waals surface area contributed by atoms with Gasteiger partial charge in [-0.05, 0) is 25.1 Å². The van der Waals surface area contributed by atoms with Crippen molar-refractivity contribution >= 4 is 23.1 Å². The number of halogens is 1. The first-order valence-corrected chi connectivity index (χ1v) is 6.55. The van der Waals surface area contributed by atoms with Crippen molar-refractivity contribution in [3.8, 4) is 0 Å². The number of esters is 1. The molecule has 1 atom stereocenters. The summed E-state index contributed by atoms with van der Waals surface area (Å²) in [6.07, 6.45) is 2.87. The Morgan fingerprint density at radius 3 is 3.16 bits per heavy atom. The van der Waals surface area contributed by atoms with Crippen LogP contribution in [0.25, 0.3) is 5.52 Å². The molecule has 2 aromatic heterocycles. The molecule has 0 amide bonds. The van der Waals surface area contributed by atoms with E-state index in [9.17, 15) is 4.79 Å². The number of aromatic nitrogens is 2. The van der Waals surface area contributed by atoms with Gasteiger partial charge >= 0.3 is 5.97 Å². The van der Waals surface area contributed by atoms with Crippen LogP contribution < -0.4 is 5.32 Å². The molecule has 1 saturated heterocycles. The van der Waals surface area contributed by atoms with Crippen LogP contribution in [-0.4, -0.2) is 35.6 Å². The third-order valence-corrected chi connectivity index (χ3v) is 3.67. The lowest BCUT2D eigenvalue weighted by Crippen LogP contribution is -2.10. The maximum Gasteiger partial charge on any atom is 0.358 e. The summed E-state index contributed by atoms with van der Waals surface area (Å²) in [5, 5.41) is 3.88. The first-order valence-electron chi connectivity index (χ1n) is 6.17. The minimum atomic E-state index is -0.433. The van der Waals surface area contributed by atoms with Gasteiger partial charge in [0.05, 0.1) is 12.6 Å². The van der Waals surface area contributed by atoms with Gasteiger partial charge in [-0.3, -0.25) is 0 Å². The van der Waals surface area contributed by atoms with E-state index < -0.39 is 5.97 Å². The first-order chi connectivity index (χ1) is 9.20. The third-order valence-electron chi connectivity index (χ3n) is 3.44. The van der Waals surface area contributed by atoms with Crippen LogP contribution in [0.5, 0.6) is 0 Å². The average Bonchev–Trinajstić information content (AvgIpc) is 3.03. The Bertz CT molecular complexity index is 632. The quantitative estimate of drug-likeness (QED) is 0.853. The van der Waals surface area contributed by atoms with Crippen LogP contribution in [0.3, 0.4) is 0 Å². The molecule has 19 heavy (non-hydrogen) atoms. The molecule has 0 aliphatic carbocycles. The number of imidazole rings is 1. The zero-order chi connectivity index (χ0) is 13.4. The maximum atomic E-state index is 11.8. The van der Waals surface area contributed by atoms with Gasteiger partial charge in [0.15, 0.2) is 5.69 Å². The van der Waals surface area contributed by atoms with E-state index in [0.29, 0.717) is 22.2 Å². The second-order valence-electron chi connectivity index (χ2n) is 4.60. The van der Waals surface area contributed by atoms with Gasteiger partial charge in [-0.2, -0.15) is 0 Å². The van der Waals surface area contributed by atoms with Crippen LogP contribution in [0.4, 0.5) is 0 Å². The lowest BCUT2D eigenvalue weighted by atomic mass is 10.1. The molecule has 5 nitrogen and oxygen atoms in total. The lowest BCUT2D eigenvalue weighted by molar-refractivity contribution is 0.0597. The Morgan fingerprint density at radius 1 is 1.63 bits per heavy atom. The summed E-state index contributed by atoms with van der Waals surface area (Å²) >= 11 is 6.00. The molecular formula is C13H14ClN3O2. The number of hydrogen-bond acceptors (Lipinski definition) is 4. The van der Waals surface area contributed by atoms with E-state index >= 15 is 0 Å². The topological polar surface area (TPSA) is 55.6 Å². The molecule has 100 valence electrons. The fraction of sp³-hybridized carbons (Fsp3) is 0.385. The number of ether oxygens (including phenoxy) is 1.